The summed E-state index contributed by atoms with van der Waals surface area (Å²) in [5, 5.41) is 10.2. The number of aromatic nitrogens is 1. The molecule has 6 heteroatoms. The first-order chi connectivity index (χ1) is 7.84. The average Bonchev–Trinajstić information content (AvgIpc) is 2.81. The molecule has 2 heterocycles. The number of hydrogen-bond acceptors (Lipinski definition) is 5. The molecule has 0 radical (unpaired) electrons. The highest BCUT2D eigenvalue weighted by Crippen LogP contribution is 2.20. The van der Waals surface area contributed by atoms with Crippen LogP contribution in [0.15, 0.2) is 16.9 Å². The van der Waals surface area contributed by atoms with Crippen LogP contribution in [-0.4, -0.2) is 35.2 Å². The van der Waals surface area contributed by atoms with Gasteiger partial charge in [-0.05, 0) is 25.9 Å². The van der Waals surface area contributed by atoms with Gasteiger partial charge < -0.3 is 15.2 Å². The first-order valence-corrected chi connectivity index (χ1v) is 6.42. The lowest BCUT2D eigenvalue weighted by molar-refractivity contribution is -0.113. The van der Waals surface area contributed by atoms with E-state index in [1.807, 2.05) is 0 Å². The van der Waals surface area contributed by atoms with E-state index in [0.29, 0.717) is 16.8 Å². The molecule has 1 aliphatic heterocycles. The molecule has 1 aliphatic rings. The Balaban J connectivity index is 1.67. The Morgan fingerprint density at radius 3 is 3.12 bits per heavy atom. The van der Waals surface area contributed by atoms with E-state index in [-0.39, 0.29) is 5.91 Å². The van der Waals surface area contributed by atoms with Crippen molar-refractivity contribution < 1.29 is 9.32 Å². The number of nitrogens with zero attached hydrogens (tertiary/aromatic N) is 1. The van der Waals surface area contributed by atoms with Crippen LogP contribution >= 0.6 is 11.8 Å². The summed E-state index contributed by atoms with van der Waals surface area (Å²) in [6, 6.07) is 1.63. The lowest BCUT2D eigenvalue weighted by Crippen LogP contribution is -2.30. The molecule has 2 N–H and O–H groups in total. The summed E-state index contributed by atoms with van der Waals surface area (Å²) >= 11 is 1.72. The molecule has 0 aromatic carbocycles. The fourth-order valence-corrected chi connectivity index (χ4v) is 2.64. The van der Waals surface area contributed by atoms with E-state index in [0.717, 1.165) is 25.9 Å². The van der Waals surface area contributed by atoms with Crippen molar-refractivity contribution in [1.82, 2.24) is 10.5 Å². The number of carbonyl (C=O) groups is 1. The molecule has 1 aromatic heterocycles. The molecule has 5 nitrogen and oxygen atoms in total. The molecule has 0 atom stereocenters. The van der Waals surface area contributed by atoms with Gasteiger partial charge in [0.15, 0.2) is 5.82 Å². The van der Waals surface area contributed by atoms with Crippen molar-refractivity contribution in [3.63, 3.8) is 0 Å². The highest BCUT2D eigenvalue weighted by Gasteiger charge is 2.15. The number of nitrogens with one attached hydrogen (secondary N) is 2. The van der Waals surface area contributed by atoms with E-state index in [9.17, 15) is 4.79 Å². The highest BCUT2D eigenvalue weighted by molar-refractivity contribution is 8.00. The zero-order valence-electron chi connectivity index (χ0n) is 8.94. The maximum atomic E-state index is 11.5. The van der Waals surface area contributed by atoms with Crippen LogP contribution in [0.4, 0.5) is 5.82 Å². The largest absolute Gasteiger partial charge is 0.363 e. The molecule has 88 valence electrons. The van der Waals surface area contributed by atoms with Crippen LogP contribution in [0.3, 0.4) is 0 Å². The van der Waals surface area contributed by atoms with Gasteiger partial charge in [-0.3, -0.25) is 4.79 Å². The Morgan fingerprint density at radius 2 is 2.44 bits per heavy atom. The quantitative estimate of drug-likeness (QED) is 0.826. The molecule has 1 amide bonds. The number of rotatable bonds is 4. The van der Waals surface area contributed by atoms with Crippen molar-refractivity contribution in [3.8, 4) is 0 Å². The van der Waals surface area contributed by atoms with Gasteiger partial charge in [0.2, 0.25) is 5.91 Å². The summed E-state index contributed by atoms with van der Waals surface area (Å²) < 4.78 is 4.63. The average molecular weight is 241 g/mol. The number of anilines is 1. The maximum absolute atomic E-state index is 11.5. The van der Waals surface area contributed by atoms with Gasteiger partial charge in [0.1, 0.15) is 6.26 Å². The van der Waals surface area contributed by atoms with Gasteiger partial charge in [0.25, 0.3) is 0 Å². The number of piperidine rings is 1. The van der Waals surface area contributed by atoms with Crippen LogP contribution in [-0.2, 0) is 4.79 Å². The molecule has 0 aliphatic carbocycles. The first kappa shape index (κ1) is 11.5. The maximum Gasteiger partial charge on any atom is 0.235 e. The molecule has 16 heavy (non-hydrogen) atoms. The minimum Gasteiger partial charge on any atom is -0.363 e. The summed E-state index contributed by atoms with van der Waals surface area (Å²) in [6.07, 6.45) is 3.72. The smallest absolute Gasteiger partial charge is 0.235 e. The number of thioether (sulfide) groups is 1. The Kier molecular flexibility index (Phi) is 4.24. The summed E-state index contributed by atoms with van der Waals surface area (Å²) in [5.74, 6) is 0.950. The van der Waals surface area contributed by atoms with Gasteiger partial charge in [-0.1, -0.05) is 5.16 Å². The zero-order chi connectivity index (χ0) is 11.2. The molecular weight excluding hydrogens is 226 g/mol. The van der Waals surface area contributed by atoms with Crippen molar-refractivity contribution in [2.24, 2.45) is 0 Å². The number of hydrogen-bond donors (Lipinski definition) is 2. The van der Waals surface area contributed by atoms with Crippen molar-refractivity contribution in [2.45, 2.75) is 18.1 Å². The van der Waals surface area contributed by atoms with Crippen molar-refractivity contribution >= 4 is 23.5 Å². The van der Waals surface area contributed by atoms with E-state index in [2.05, 4.69) is 20.3 Å². The molecular formula is C10H15N3O2S. The van der Waals surface area contributed by atoms with E-state index in [1.54, 1.807) is 17.8 Å². The summed E-state index contributed by atoms with van der Waals surface area (Å²) in [4.78, 5) is 11.5. The van der Waals surface area contributed by atoms with Gasteiger partial charge in [-0.2, -0.15) is 0 Å². The second-order valence-electron chi connectivity index (χ2n) is 3.69. The molecule has 0 unspecified atom stereocenters. The van der Waals surface area contributed by atoms with Crippen molar-refractivity contribution in [2.75, 3.05) is 24.2 Å². The van der Waals surface area contributed by atoms with Crippen LogP contribution in [0.5, 0.6) is 0 Å². The normalized spacial score (nSPS) is 17.2. The van der Waals surface area contributed by atoms with Crippen LogP contribution in [0, 0.1) is 0 Å². The third-order valence-electron chi connectivity index (χ3n) is 2.44. The van der Waals surface area contributed by atoms with Gasteiger partial charge in [0, 0.05) is 11.3 Å². The summed E-state index contributed by atoms with van der Waals surface area (Å²) in [5.41, 5.74) is 0. The first-order valence-electron chi connectivity index (χ1n) is 5.37. The summed E-state index contributed by atoms with van der Waals surface area (Å²) in [7, 11) is 0. The van der Waals surface area contributed by atoms with Gasteiger partial charge in [-0.25, -0.2) is 0 Å². The van der Waals surface area contributed by atoms with Crippen LogP contribution in [0.1, 0.15) is 12.8 Å². The fraction of sp³-hybridized carbons (Fsp3) is 0.600. The Bertz CT molecular complexity index is 323. The predicted molar refractivity (Wildman–Crippen MR) is 63.5 cm³/mol. The lowest BCUT2D eigenvalue weighted by atomic mass is 10.2. The van der Waals surface area contributed by atoms with E-state index in [1.165, 1.54) is 6.26 Å². The minimum atomic E-state index is -0.0163. The molecule has 1 saturated heterocycles. The summed E-state index contributed by atoms with van der Waals surface area (Å²) in [6.45, 7) is 2.12. The number of amides is 1. The molecule has 1 aromatic rings. The zero-order valence-corrected chi connectivity index (χ0v) is 9.76. The van der Waals surface area contributed by atoms with Gasteiger partial charge >= 0.3 is 0 Å². The Hall–Kier alpha value is -1.01. The van der Waals surface area contributed by atoms with Gasteiger partial charge in [-0.15, -0.1) is 11.8 Å². The lowest BCUT2D eigenvalue weighted by Gasteiger charge is -2.21. The SMILES string of the molecule is O=C(CSC1CCNCC1)Nc1ccon1. The number of carbonyl (C=O) groups excluding carboxylic acids is 1. The van der Waals surface area contributed by atoms with E-state index in [4.69, 9.17) is 0 Å². The van der Waals surface area contributed by atoms with E-state index >= 15 is 0 Å². The topological polar surface area (TPSA) is 67.2 Å². The fourth-order valence-electron chi connectivity index (χ4n) is 1.61. The van der Waals surface area contributed by atoms with Crippen molar-refractivity contribution in [1.29, 1.82) is 0 Å². The van der Waals surface area contributed by atoms with Gasteiger partial charge in [0.05, 0.1) is 5.75 Å². The third-order valence-corrected chi connectivity index (χ3v) is 3.81. The Labute approximate surface area is 98.3 Å². The third kappa shape index (κ3) is 3.53. The molecule has 0 saturated carbocycles. The Morgan fingerprint density at radius 1 is 1.62 bits per heavy atom. The molecule has 1 fully saturated rings. The molecule has 0 bridgehead atoms. The molecule has 0 spiro atoms. The minimum absolute atomic E-state index is 0.0163. The van der Waals surface area contributed by atoms with Crippen LogP contribution in [0.25, 0.3) is 0 Å². The van der Waals surface area contributed by atoms with Crippen LogP contribution < -0.4 is 10.6 Å². The van der Waals surface area contributed by atoms with Crippen LogP contribution in [0.2, 0.25) is 0 Å². The predicted octanol–water partition coefficient (Wildman–Crippen LogP) is 1.10. The monoisotopic (exact) mass is 241 g/mol. The van der Waals surface area contributed by atoms with E-state index < -0.39 is 0 Å². The molecule has 2 rings (SSSR count). The standard InChI is InChI=1S/C10H15N3O2S/c14-10(12-9-3-6-15-13-9)7-16-8-1-4-11-5-2-8/h3,6,8,11H,1-2,4-5,7H2,(H,12,13,14). The second kappa shape index (κ2) is 5.91. The highest BCUT2D eigenvalue weighted by atomic mass is 32.2. The van der Waals surface area contributed by atoms with Crippen molar-refractivity contribution in [3.05, 3.63) is 12.3 Å². The second-order valence-corrected chi connectivity index (χ2v) is 4.98.